The number of benzene rings is 2. The van der Waals surface area contributed by atoms with Crippen LogP contribution >= 0.6 is 11.6 Å². The van der Waals surface area contributed by atoms with Crippen LogP contribution in [0.25, 0.3) is 6.08 Å². The smallest absolute Gasteiger partial charge is 0.240 e. The van der Waals surface area contributed by atoms with Gasteiger partial charge in [0.2, 0.25) is 11.8 Å². The van der Waals surface area contributed by atoms with Crippen molar-refractivity contribution in [3.8, 4) is 0 Å². The Morgan fingerprint density at radius 2 is 1.76 bits per heavy atom. The van der Waals surface area contributed by atoms with E-state index in [1.807, 2.05) is 48.4 Å². The average molecular weight is 407 g/mol. The maximum atomic E-state index is 13.6. The monoisotopic (exact) mass is 406 g/mol. The molecule has 146 valence electrons. The summed E-state index contributed by atoms with van der Waals surface area (Å²) in [5.41, 5.74) is 3.26. The number of halogens is 1. The van der Waals surface area contributed by atoms with E-state index in [0.717, 1.165) is 16.7 Å². The van der Waals surface area contributed by atoms with Gasteiger partial charge < -0.3 is 4.90 Å². The van der Waals surface area contributed by atoms with Gasteiger partial charge in [-0.15, -0.1) is 0 Å². The van der Waals surface area contributed by atoms with Crippen molar-refractivity contribution in [3.05, 3.63) is 70.4 Å². The molecule has 2 aromatic carbocycles. The van der Waals surface area contributed by atoms with Gasteiger partial charge in [-0.25, -0.2) is 4.90 Å². The largest absolute Gasteiger partial charge is 0.359 e. The Labute approximate surface area is 173 Å². The Kier molecular flexibility index (Phi) is 3.93. The minimum absolute atomic E-state index is 0.114. The average Bonchev–Trinajstić information content (AvgIpc) is 3.17. The molecule has 3 aliphatic rings. The second kappa shape index (κ2) is 6.29. The first-order valence-corrected chi connectivity index (χ1v) is 9.97. The number of anilines is 1. The van der Waals surface area contributed by atoms with Crippen LogP contribution < -0.4 is 4.90 Å². The third-order valence-corrected chi connectivity index (χ3v) is 6.53. The Morgan fingerprint density at radius 1 is 1.03 bits per heavy atom. The Morgan fingerprint density at radius 3 is 2.52 bits per heavy atom. The number of hydrogen-bond donors (Lipinski definition) is 0. The summed E-state index contributed by atoms with van der Waals surface area (Å²) in [4.78, 5) is 42.8. The zero-order valence-corrected chi connectivity index (χ0v) is 16.8. The first kappa shape index (κ1) is 18.1. The predicted molar refractivity (Wildman–Crippen MR) is 110 cm³/mol. The molecule has 6 heteroatoms. The molecule has 1 unspecified atom stereocenters. The first-order chi connectivity index (χ1) is 13.9. The van der Waals surface area contributed by atoms with Crippen LogP contribution in [0.15, 0.2) is 48.7 Å². The van der Waals surface area contributed by atoms with Gasteiger partial charge in [0.15, 0.2) is 5.78 Å². The molecule has 3 heterocycles. The zero-order chi connectivity index (χ0) is 20.4. The van der Waals surface area contributed by atoms with Gasteiger partial charge >= 0.3 is 0 Å². The number of fused-ring (bicyclic) bond motifs is 5. The van der Waals surface area contributed by atoms with Crippen LogP contribution in [0.3, 0.4) is 0 Å². The molecule has 5 nitrogen and oxygen atoms in total. The van der Waals surface area contributed by atoms with E-state index in [4.69, 9.17) is 11.6 Å². The highest BCUT2D eigenvalue weighted by molar-refractivity contribution is 6.31. The Balaban J connectivity index is 1.67. The van der Waals surface area contributed by atoms with E-state index in [2.05, 4.69) is 0 Å². The summed E-state index contributed by atoms with van der Waals surface area (Å²) < 4.78 is 0. The van der Waals surface area contributed by atoms with E-state index in [1.54, 1.807) is 18.2 Å². The highest BCUT2D eigenvalue weighted by Gasteiger charge is 2.64. The molecular weight excluding hydrogens is 388 g/mol. The fraction of sp³-hybridized carbons (Fsp3) is 0.261. The van der Waals surface area contributed by atoms with E-state index < -0.39 is 17.9 Å². The predicted octanol–water partition coefficient (Wildman–Crippen LogP) is 3.75. The lowest BCUT2D eigenvalue weighted by Gasteiger charge is -2.35. The summed E-state index contributed by atoms with van der Waals surface area (Å²) in [6, 6.07) is 12.0. The number of imide groups is 1. The van der Waals surface area contributed by atoms with Crippen LogP contribution in [0.4, 0.5) is 5.69 Å². The van der Waals surface area contributed by atoms with Gasteiger partial charge in [-0.2, -0.15) is 0 Å². The van der Waals surface area contributed by atoms with E-state index in [0.29, 0.717) is 10.7 Å². The van der Waals surface area contributed by atoms with Gasteiger partial charge in [0.25, 0.3) is 0 Å². The molecule has 0 saturated carbocycles. The van der Waals surface area contributed by atoms with Gasteiger partial charge in [0, 0.05) is 11.2 Å². The summed E-state index contributed by atoms with van der Waals surface area (Å²) in [5, 5.41) is 0.457. The SMILES string of the molecule is CC(=O)[C@@H]1[C@@H]2C(=O)N(c3cc(Cl)ccc3C)C(=O)[C@@H]2C2c3ccccc3C=CN21. The number of nitrogens with zero attached hydrogens (tertiary/aromatic N) is 2. The number of ketones is 1. The van der Waals surface area contributed by atoms with Crippen molar-refractivity contribution in [3.63, 3.8) is 0 Å². The molecule has 2 fully saturated rings. The molecule has 3 aliphatic heterocycles. The summed E-state index contributed by atoms with van der Waals surface area (Å²) in [6.07, 6.45) is 3.80. The van der Waals surface area contributed by atoms with Crippen molar-refractivity contribution < 1.29 is 14.4 Å². The summed E-state index contributed by atoms with van der Waals surface area (Å²) in [6.45, 7) is 3.33. The lowest BCUT2D eigenvalue weighted by molar-refractivity contribution is -0.129. The van der Waals surface area contributed by atoms with E-state index in [9.17, 15) is 14.4 Å². The van der Waals surface area contributed by atoms with E-state index in [-0.39, 0.29) is 23.6 Å². The van der Waals surface area contributed by atoms with Crippen molar-refractivity contribution in [1.82, 2.24) is 4.90 Å². The van der Waals surface area contributed by atoms with E-state index in [1.165, 1.54) is 11.8 Å². The summed E-state index contributed by atoms with van der Waals surface area (Å²) in [7, 11) is 0. The molecule has 4 atom stereocenters. The second-order valence-corrected chi connectivity index (χ2v) is 8.32. The number of Topliss-reactive ketones (excluding diaryl/α,β-unsaturated/α-hetero) is 1. The number of carbonyl (C=O) groups excluding carboxylic acids is 3. The van der Waals surface area contributed by atoms with Gasteiger partial charge in [0.05, 0.1) is 29.6 Å². The normalized spacial score (nSPS) is 27.1. The molecule has 0 aromatic heterocycles. The van der Waals surface area contributed by atoms with E-state index >= 15 is 0 Å². The van der Waals surface area contributed by atoms with Gasteiger partial charge in [-0.1, -0.05) is 41.9 Å². The van der Waals surface area contributed by atoms with Gasteiger partial charge in [-0.3, -0.25) is 14.4 Å². The summed E-state index contributed by atoms with van der Waals surface area (Å²) >= 11 is 6.15. The molecule has 0 aliphatic carbocycles. The minimum atomic E-state index is -0.709. The minimum Gasteiger partial charge on any atom is -0.359 e. The third-order valence-electron chi connectivity index (χ3n) is 6.29. The lowest BCUT2D eigenvalue weighted by Crippen LogP contribution is -2.43. The summed E-state index contributed by atoms with van der Waals surface area (Å²) in [5.74, 6) is -2.03. The Hall–Kier alpha value is -2.92. The Bertz CT molecular complexity index is 1110. The first-order valence-electron chi connectivity index (χ1n) is 9.59. The molecule has 5 rings (SSSR count). The maximum Gasteiger partial charge on any atom is 0.240 e. The van der Waals surface area contributed by atoms with Crippen LogP contribution in [-0.2, 0) is 14.4 Å². The highest BCUT2D eigenvalue weighted by atomic mass is 35.5. The quantitative estimate of drug-likeness (QED) is 0.713. The van der Waals surface area contributed by atoms with Crippen molar-refractivity contribution >= 4 is 41.0 Å². The number of aryl methyl sites for hydroxylation is 1. The van der Waals surface area contributed by atoms with Gasteiger partial charge in [0.1, 0.15) is 0 Å². The van der Waals surface area contributed by atoms with Crippen molar-refractivity contribution in [2.24, 2.45) is 11.8 Å². The standard InChI is InChI=1S/C23H19ClN2O3/c1-12-7-8-15(24)11-17(12)26-22(28)18-19(23(26)29)21-16-6-4-3-5-14(16)9-10-25(21)20(18)13(2)27/h3-11,18-21H,1-2H3/t18-,19+,20-,21?/m1/s1. The van der Waals surface area contributed by atoms with Crippen LogP contribution in [0.2, 0.25) is 5.02 Å². The van der Waals surface area contributed by atoms with Crippen LogP contribution in [0.5, 0.6) is 0 Å². The number of hydrogen-bond acceptors (Lipinski definition) is 4. The molecule has 2 aromatic rings. The molecule has 29 heavy (non-hydrogen) atoms. The highest BCUT2D eigenvalue weighted by Crippen LogP contribution is 2.53. The number of rotatable bonds is 2. The molecule has 0 N–H and O–H groups in total. The van der Waals surface area contributed by atoms with Crippen molar-refractivity contribution in [2.75, 3.05) is 4.90 Å². The maximum absolute atomic E-state index is 13.6. The van der Waals surface area contributed by atoms with Crippen LogP contribution in [0, 0.1) is 18.8 Å². The number of carbonyl (C=O) groups is 3. The fourth-order valence-corrected chi connectivity index (χ4v) is 5.25. The van der Waals surface area contributed by atoms with Crippen LogP contribution in [0.1, 0.15) is 29.7 Å². The number of amides is 2. The molecule has 0 bridgehead atoms. The van der Waals surface area contributed by atoms with Crippen molar-refractivity contribution in [2.45, 2.75) is 25.9 Å². The fourth-order valence-electron chi connectivity index (χ4n) is 5.08. The molecule has 0 radical (unpaired) electrons. The van der Waals surface area contributed by atoms with Crippen LogP contribution in [-0.4, -0.2) is 28.5 Å². The molecular formula is C23H19ClN2O3. The van der Waals surface area contributed by atoms with Gasteiger partial charge in [-0.05, 0) is 48.7 Å². The third kappa shape index (κ3) is 2.43. The topological polar surface area (TPSA) is 57.7 Å². The molecule has 2 amide bonds. The lowest BCUT2D eigenvalue weighted by atomic mass is 9.84. The zero-order valence-electron chi connectivity index (χ0n) is 16.0. The molecule has 2 saturated heterocycles. The molecule has 0 spiro atoms. The second-order valence-electron chi connectivity index (χ2n) is 7.89. The van der Waals surface area contributed by atoms with Crippen molar-refractivity contribution in [1.29, 1.82) is 0 Å².